The first-order valence-electron chi connectivity index (χ1n) is 6.84. The summed E-state index contributed by atoms with van der Waals surface area (Å²) >= 11 is 0. The van der Waals surface area contributed by atoms with Crippen LogP contribution in [0.1, 0.15) is 43.7 Å². The molecule has 1 aromatic carbocycles. The minimum absolute atomic E-state index is 0.142. The molecule has 5 heteroatoms. The highest BCUT2D eigenvalue weighted by molar-refractivity contribution is 5.28. The number of halogens is 2. The van der Waals surface area contributed by atoms with E-state index in [-0.39, 0.29) is 11.8 Å². The summed E-state index contributed by atoms with van der Waals surface area (Å²) in [7, 11) is 1.79. The number of benzene rings is 1. The normalized spacial score (nSPS) is 13.5. The first-order chi connectivity index (χ1) is 9.66. The number of rotatable bonds is 3. The molecule has 0 aliphatic carbocycles. The SMILES string of the molecule is Cn1cc(C(O)Cc2cc(F)cc(F)c2)c(C(C)(C)C)n1. The lowest BCUT2D eigenvalue weighted by molar-refractivity contribution is 0.175. The lowest BCUT2D eigenvalue weighted by Crippen LogP contribution is -2.17. The maximum atomic E-state index is 13.2. The molecule has 0 spiro atoms. The number of aromatic nitrogens is 2. The second-order valence-electron chi connectivity index (χ2n) is 6.35. The largest absolute Gasteiger partial charge is 0.388 e. The van der Waals surface area contributed by atoms with Gasteiger partial charge in [-0.3, -0.25) is 4.68 Å². The summed E-state index contributed by atoms with van der Waals surface area (Å²) in [6.07, 6.45) is 1.04. The Balaban J connectivity index is 2.30. The summed E-state index contributed by atoms with van der Waals surface area (Å²) in [5.74, 6) is -1.28. The molecular formula is C16H20F2N2O. The van der Waals surface area contributed by atoms with Gasteiger partial charge in [-0.05, 0) is 17.7 Å². The molecule has 0 radical (unpaired) electrons. The van der Waals surface area contributed by atoms with Crippen LogP contribution in [0.2, 0.25) is 0 Å². The fourth-order valence-electron chi connectivity index (χ4n) is 2.40. The van der Waals surface area contributed by atoms with Gasteiger partial charge in [-0.2, -0.15) is 5.10 Å². The van der Waals surface area contributed by atoms with Gasteiger partial charge in [-0.25, -0.2) is 8.78 Å². The molecule has 2 rings (SSSR count). The Bertz CT molecular complexity index is 624. The number of aryl methyl sites for hydroxylation is 1. The van der Waals surface area contributed by atoms with Crippen molar-refractivity contribution in [1.82, 2.24) is 9.78 Å². The van der Waals surface area contributed by atoms with E-state index in [1.54, 1.807) is 17.9 Å². The van der Waals surface area contributed by atoms with Crippen molar-refractivity contribution in [2.75, 3.05) is 0 Å². The van der Waals surface area contributed by atoms with Gasteiger partial charge in [-0.1, -0.05) is 20.8 Å². The van der Waals surface area contributed by atoms with E-state index in [0.29, 0.717) is 11.1 Å². The van der Waals surface area contributed by atoms with Crippen LogP contribution in [0, 0.1) is 11.6 Å². The zero-order chi connectivity index (χ0) is 15.8. The molecule has 1 unspecified atom stereocenters. The van der Waals surface area contributed by atoms with Crippen LogP contribution in [0.5, 0.6) is 0 Å². The summed E-state index contributed by atoms with van der Waals surface area (Å²) in [4.78, 5) is 0. The van der Waals surface area contributed by atoms with E-state index in [9.17, 15) is 13.9 Å². The van der Waals surface area contributed by atoms with E-state index in [4.69, 9.17) is 0 Å². The molecule has 21 heavy (non-hydrogen) atoms. The highest BCUT2D eigenvalue weighted by atomic mass is 19.1. The van der Waals surface area contributed by atoms with E-state index < -0.39 is 17.7 Å². The molecule has 1 atom stereocenters. The summed E-state index contributed by atoms with van der Waals surface area (Å²) in [5, 5.41) is 14.8. The number of hydrogen-bond donors (Lipinski definition) is 1. The summed E-state index contributed by atoms with van der Waals surface area (Å²) in [5.41, 5.74) is 1.68. The van der Waals surface area contributed by atoms with Crippen LogP contribution in [-0.4, -0.2) is 14.9 Å². The average Bonchev–Trinajstić information content (AvgIpc) is 2.69. The van der Waals surface area contributed by atoms with Gasteiger partial charge in [0, 0.05) is 36.7 Å². The molecule has 0 aliphatic rings. The van der Waals surface area contributed by atoms with Crippen molar-refractivity contribution < 1.29 is 13.9 Å². The number of hydrogen-bond acceptors (Lipinski definition) is 2. The van der Waals surface area contributed by atoms with E-state index >= 15 is 0 Å². The summed E-state index contributed by atoms with van der Waals surface area (Å²) in [6, 6.07) is 3.29. The number of nitrogens with zero attached hydrogens (tertiary/aromatic N) is 2. The second kappa shape index (κ2) is 5.56. The van der Waals surface area contributed by atoms with E-state index in [2.05, 4.69) is 5.10 Å². The molecule has 0 bridgehead atoms. The van der Waals surface area contributed by atoms with Gasteiger partial charge in [0.25, 0.3) is 0 Å². The number of aliphatic hydroxyl groups is 1. The highest BCUT2D eigenvalue weighted by Gasteiger charge is 2.25. The van der Waals surface area contributed by atoms with Crippen LogP contribution >= 0.6 is 0 Å². The van der Waals surface area contributed by atoms with Crippen LogP contribution in [0.3, 0.4) is 0 Å². The Labute approximate surface area is 123 Å². The van der Waals surface area contributed by atoms with Gasteiger partial charge in [0.2, 0.25) is 0 Å². The van der Waals surface area contributed by atoms with E-state index in [0.717, 1.165) is 11.8 Å². The van der Waals surface area contributed by atoms with E-state index in [1.165, 1.54) is 12.1 Å². The highest BCUT2D eigenvalue weighted by Crippen LogP contribution is 2.30. The van der Waals surface area contributed by atoms with Gasteiger partial charge in [0.15, 0.2) is 0 Å². The van der Waals surface area contributed by atoms with Gasteiger partial charge >= 0.3 is 0 Å². The van der Waals surface area contributed by atoms with Gasteiger partial charge < -0.3 is 5.11 Å². The zero-order valence-electron chi connectivity index (χ0n) is 12.7. The third-order valence-electron chi connectivity index (χ3n) is 3.28. The first kappa shape index (κ1) is 15.6. The van der Waals surface area contributed by atoms with Crippen molar-refractivity contribution in [2.24, 2.45) is 7.05 Å². The molecular weight excluding hydrogens is 274 g/mol. The van der Waals surface area contributed by atoms with Crippen molar-refractivity contribution in [3.8, 4) is 0 Å². The van der Waals surface area contributed by atoms with Crippen LogP contribution in [0.15, 0.2) is 24.4 Å². The topological polar surface area (TPSA) is 38.0 Å². The molecule has 0 fully saturated rings. The predicted molar refractivity (Wildman–Crippen MR) is 76.9 cm³/mol. The second-order valence-corrected chi connectivity index (χ2v) is 6.35. The lowest BCUT2D eigenvalue weighted by Gasteiger charge is -2.20. The molecule has 1 aromatic heterocycles. The van der Waals surface area contributed by atoms with Gasteiger partial charge in [-0.15, -0.1) is 0 Å². The Kier molecular flexibility index (Phi) is 4.14. The Morgan fingerprint density at radius 3 is 2.29 bits per heavy atom. The fraction of sp³-hybridized carbons (Fsp3) is 0.438. The maximum absolute atomic E-state index is 13.2. The lowest BCUT2D eigenvalue weighted by atomic mass is 9.87. The van der Waals surface area contributed by atoms with Crippen LogP contribution in [-0.2, 0) is 18.9 Å². The molecule has 0 aliphatic heterocycles. The zero-order valence-corrected chi connectivity index (χ0v) is 12.7. The first-order valence-corrected chi connectivity index (χ1v) is 6.84. The van der Waals surface area contributed by atoms with Crippen LogP contribution in [0.4, 0.5) is 8.78 Å². The van der Waals surface area contributed by atoms with Gasteiger partial charge in [0.1, 0.15) is 11.6 Å². The monoisotopic (exact) mass is 294 g/mol. The minimum Gasteiger partial charge on any atom is -0.388 e. The van der Waals surface area contributed by atoms with Crippen LogP contribution in [0.25, 0.3) is 0 Å². The molecule has 3 nitrogen and oxygen atoms in total. The Hall–Kier alpha value is -1.75. The third-order valence-corrected chi connectivity index (χ3v) is 3.28. The maximum Gasteiger partial charge on any atom is 0.126 e. The molecule has 0 amide bonds. The molecule has 2 aromatic rings. The molecule has 0 saturated heterocycles. The van der Waals surface area contributed by atoms with Crippen molar-refractivity contribution in [1.29, 1.82) is 0 Å². The predicted octanol–water partition coefficient (Wildman–Crippen LogP) is 3.27. The Morgan fingerprint density at radius 1 is 1.19 bits per heavy atom. The van der Waals surface area contributed by atoms with Crippen molar-refractivity contribution in [3.05, 3.63) is 52.9 Å². The Morgan fingerprint density at radius 2 is 1.76 bits per heavy atom. The smallest absolute Gasteiger partial charge is 0.126 e. The van der Waals surface area contributed by atoms with Gasteiger partial charge in [0.05, 0.1) is 11.8 Å². The summed E-state index contributed by atoms with van der Waals surface area (Å²) < 4.78 is 28.1. The third kappa shape index (κ3) is 3.67. The molecule has 0 saturated carbocycles. The van der Waals surface area contributed by atoms with Crippen molar-refractivity contribution in [3.63, 3.8) is 0 Å². The van der Waals surface area contributed by atoms with E-state index in [1.807, 2.05) is 20.8 Å². The summed E-state index contributed by atoms with van der Waals surface area (Å²) in [6.45, 7) is 6.02. The average molecular weight is 294 g/mol. The fourth-order valence-corrected chi connectivity index (χ4v) is 2.40. The minimum atomic E-state index is -0.853. The quantitative estimate of drug-likeness (QED) is 0.943. The van der Waals surface area contributed by atoms with Crippen LogP contribution < -0.4 is 0 Å². The standard InChI is InChI=1S/C16H20F2N2O/c1-16(2,3)15-13(9-20(4)19-15)14(21)7-10-5-11(17)8-12(18)6-10/h5-6,8-9,14,21H,7H2,1-4H3. The van der Waals surface area contributed by atoms with Crippen molar-refractivity contribution in [2.45, 2.75) is 38.7 Å². The van der Waals surface area contributed by atoms with Crippen molar-refractivity contribution >= 4 is 0 Å². The molecule has 1 heterocycles. The molecule has 114 valence electrons. The molecule has 1 N–H and O–H groups in total. The number of aliphatic hydroxyl groups excluding tert-OH is 1.